The molecule has 3 N–H and O–H groups in total. The molecule has 0 saturated heterocycles. The topological polar surface area (TPSA) is 46.2 Å². The maximum absolute atomic E-state index is 9.22. The van der Waals surface area contributed by atoms with E-state index in [0.29, 0.717) is 0 Å². The van der Waals surface area contributed by atoms with Crippen LogP contribution in [0.1, 0.15) is 17.5 Å². The molecule has 0 aromatic heterocycles. The average molecular weight is 189 g/mol. The van der Waals surface area contributed by atoms with Gasteiger partial charge in [-0.05, 0) is 24.8 Å². The molecule has 1 aromatic carbocycles. The molecule has 0 spiro atoms. The normalized spacial score (nSPS) is 25.9. The molecule has 74 valence electrons. The van der Waals surface area contributed by atoms with E-state index in [1.165, 1.54) is 16.6 Å². The highest BCUT2D eigenvalue weighted by Crippen LogP contribution is 2.25. The van der Waals surface area contributed by atoms with Crippen molar-refractivity contribution in [2.45, 2.75) is 24.8 Å². The fourth-order valence-corrected chi connectivity index (χ4v) is 2.26. The van der Waals surface area contributed by atoms with Crippen LogP contribution >= 0.6 is 0 Å². The van der Waals surface area contributed by atoms with Gasteiger partial charge in [-0.15, -0.1) is 0 Å². The summed E-state index contributed by atoms with van der Waals surface area (Å²) >= 11 is 0. The minimum Gasteiger partial charge on any atom is -0.394 e. The summed E-state index contributed by atoms with van der Waals surface area (Å²) in [6, 6.07) is 6.33. The van der Waals surface area contributed by atoms with Crippen LogP contribution in [0.25, 0.3) is 0 Å². The molecule has 2 nitrogen and oxygen atoms in total. The van der Waals surface area contributed by atoms with Crippen molar-refractivity contribution < 1.29 is 5.11 Å². The van der Waals surface area contributed by atoms with Gasteiger partial charge < -0.3 is 10.8 Å². The van der Waals surface area contributed by atoms with Crippen LogP contribution < -0.4 is 11.2 Å². The van der Waals surface area contributed by atoms with Gasteiger partial charge in [0.1, 0.15) is 7.85 Å². The van der Waals surface area contributed by atoms with Gasteiger partial charge in [-0.3, -0.25) is 0 Å². The van der Waals surface area contributed by atoms with Gasteiger partial charge in [-0.2, -0.15) is 0 Å². The molecule has 0 saturated carbocycles. The van der Waals surface area contributed by atoms with Gasteiger partial charge in [0.2, 0.25) is 0 Å². The summed E-state index contributed by atoms with van der Waals surface area (Å²) < 4.78 is 0. The van der Waals surface area contributed by atoms with E-state index < -0.39 is 0 Å². The van der Waals surface area contributed by atoms with Crippen molar-refractivity contribution in [3.8, 4) is 0 Å². The second-order valence-electron chi connectivity index (χ2n) is 4.41. The highest BCUT2D eigenvalue weighted by Gasteiger charge is 2.29. The molecule has 1 aromatic rings. The Balaban J connectivity index is 2.36. The third kappa shape index (κ3) is 1.58. The standard InChI is InChI=1S/C11H16BNO/c12-10-3-1-2-8-6-11(13,7-14)5-4-9(8)10/h1-3,14H,4-7,12-13H2/t11-/m0/s1. The molecule has 1 atom stereocenters. The molecular formula is C11H16BNO. The molecule has 3 heteroatoms. The number of aliphatic hydroxyl groups excluding tert-OH is 1. The molecule has 1 aliphatic carbocycles. The summed E-state index contributed by atoms with van der Waals surface area (Å²) in [5.74, 6) is 0. The number of aliphatic hydroxyl groups is 1. The first-order valence-electron chi connectivity index (χ1n) is 5.12. The van der Waals surface area contributed by atoms with Crippen LogP contribution in [0.3, 0.4) is 0 Å². The molecule has 2 rings (SSSR count). The van der Waals surface area contributed by atoms with E-state index in [1.54, 1.807) is 0 Å². The van der Waals surface area contributed by atoms with E-state index in [1.807, 2.05) is 0 Å². The Hall–Kier alpha value is -0.795. The van der Waals surface area contributed by atoms with E-state index in [0.717, 1.165) is 19.3 Å². The molecule has 0 aliphatic heterocycles. The monoisotopic (exact) mass is 189 g/mol. The number of hydrogen-bond acceptors (Lipinski definition) is 2. The predicted octanol–water partition coefficient (Wildman–Crippen LogP) is -0.876. The van der Waals surface area contributed by atoms with E-state index in [4.69, 9.17) is 5.73 Å². The Labute approximate surface area is 85.5 Å². The second kappa shape index (κ2) is 3.41. The van der Waals surface area contributed by atoms with Crippen molar-refractivity contribution in [1.82, 2.24) is 0 Å². The average Bonchev–Trinajstić information content (AvgIpc) is 2.18. The second-order valence-corrected chi connectivity index (χ2v) is 4.41. The summed E-state index contributed by atoms with van der Waals surface area (Å²) in [7, 11) is 2.14. The van der Waals surface area contributed by atoms with Gasteiger partial charge in [0.15, 0.2) is 0 Å². The largest absolute Gasteiger partial charge is 0.394 e. The molecule has 14 heavy (non-hydrogen) atoms. The number of benzene rings is 1. The predicted molar refractivity (Wildman–Crippen MR) is 60.6 cm³/mol. The lowest BCUT2D eigenvalue weighted by Crippen LogP contribution is -2.49. The summed E-state index contributed by atoms with van der Waals surface area (Å²) in [5, 5.41) is 9.22. The fraction of sp³-hybridized carbons (Fsp3) is 0.455. The lowest BCUT2D eigenvalue weighted by Gasteiger charge is -2.33. The van der Waals surface area contributed by atoms with Gasteiger partial charge in [0.05, 0.1) is 6.61 Å². The van der Waals surface area contributed by atoms with Crippen molar-refractivity contribution >= 4 is 13.3 Å². The highest BCUT2D eigenvalue weighted by atomic mass is 16.3. The summed E-state index contributed by atoms with van der Waals surface area (Å²) in [6.07, 6.45) is 2.70. The summed E-state index contributed by atoms with van der Waals surface area (Å²) in [6.45, 7) is 0.0837. The SMILES string of the molecule is Bc1cccc2c1CC[C@@](N)(CO)C2. The van der Waals surface area contributed by atoms with Gasteiger partial charge in [-0.25, -0.2) is 0 Å². The Morgan fingerprint density at radius 3 is 3.00 bits per heavy atom. The van der Waals surface area contributed by atoms with Crippen molar-refractivity contribution in [2.24, 2.45) is 5.73 Å². The van der Waals surface area contributed by atoms with E-state index in [2.05, 4.69) is 26.0 Å². The lowest BCUT2D eigenvalue weighted by atomic mass is 9.74. The molecule has 0 heterocycles. The minimum atomic E-state index is -0.388. The Bertz CT molecular complexity index is 353. The number of fused-ring (bicyclic) bond motifs is 1. The third-order valence-corrected chi connectivity index (χ3v) is 3.24. The third-order valence-electron chi connectivity index (χ3n) is 3.24. The van der Waals surface area contributed by atoms with Gasteiger partial charge in [0, 0.05) is 5.54 Å². The van der Waals surface area contributed by atoms with Crippen LogP contribution in [0.2, 0.25) is 0 Å². The minimum absolute atomic E-state index is 0.0837. The van der Waals surface area contributed by atoms with Crippen molar-refractivity contribution in [3.05, 3.63) is 29.3 Å². The molecule has 0 radical (unpaired) electrons. The van der Waals surface area contributed by atoms with Crippen LogP contribution in [0.4, 0.5) is 0 Å². The first kappa shape index (κ1) is 9.75. The van der Waals surface area contributed by atoms with Gasteiger partial charge in [0.25, 0.3) is 0 Å². The number of rotatable bonds is 1. The molecule has 0 bridgehead atoms. The Morgan fingerprint density at radius 2 is 2.29 bits per heavy atom. The maximum atomic E-state index is 9.22. The first-order chi connectivity index (χ1) is 6.64. The van der Waals surface area contributed by atoms with Crippen LogP contribution in [0, 0.1) is 0 Å². The zero-order valence-electron chi connectivity index (χ0n) is 8.59. The zero-order valence-corrected chi connectivity index (χ0v) is 8.59. The number of nitrogens with two attached hydrogens (primary N) is 1. The molecule has 1 aliphatic rings. The smallest absolute Gasteiger partial charge is 0.139 e. The van der Waals surface area contributed by atoms with Crippen LogP contribution in [0.15, 0.2) is 18.2 Å². The van der Waals surface area contributed by atoms with Crippen molar-refractivity contribution in [1.29, 1.82) is 0 Å². The van der Waals surface area contributed by atoms with Crippen LogP contribution in [0.5, 0.6) is 0 Å². The Morgan fingerprint density at radius 1 is 1.50 bits per heavy atom. The zero-order chi connectivity index (χ0) is 10.2. The van der Waals surface area contributed by atoms with Crippen LogP contribution in [-0.2, 0) is 12.8 Å². The lowest BCUT2D eigenvalue weighted by molar-refractivity contribution is 0.181. The molecule has 0 fully saturated rings. The first-order valence-corrected chi connectivity index (χ1v) is 5.12. The van der Waals surface area contributed by atoms with Gasteiger partial charge >= 0.3 is 0 Å². The highest BCUT2D eigenvalue weighted by molar-refractivity contribution is 6.33. The van der Waals surface area contributed by atoms with E-state index >= 15 is 0 Å². The summed E-state index contributed by atoms with van der Waals surface area (Å²) in [4.78, 5) is 0. The van der Waals surface area contributed by atoms with Crippen LogP contribution in [-0.4, -0.2) is 25.1 Å². The summed E-state index contributed by atoms with van der Waals surface area (Å²) in [5.41, 5.74) is 9.78. The fourth-order valence-electron chi connectivity index (χ4n) is 2.26. The van der Waals surface area contributed by atoms with Crippen molar-refractivity contribution in [3.63, 3.8) is 0 Å². The van der Waals surface area contributed by atoms with Gasteiger partial charge in [-0.1, -0.05) is 29.2 Å². The van der Waals surface area contributed by atoms with E-state index in [-0.39, 0.29) is 12.1 Å². The maximum Gasteiger partial charge on any atom is 0.139 e. The Kier molecular flexibility index (Phi) is 2.37. The molecular weight excluding hydrogens is 173 g/mol. The van der Waals surface area contributed by atoms with Crippen molar-refractivity contribution in [2.75, 3.05) is 6.61 Å². The molecule has 0 unspecified atom stereocenters. The molecule has 0 amide bonds. The van der Waals surface area contributed by atoms with E-state index in [9.17, 15) is 5.11 Å². The number of hydrogen-bond donors (Lipinski definition) is 2. The quantitative estimate of drug-likeness (QED) is 0.564.